The summed E-state index contributed by atoms with van der Waals surface area (Å²) in [4.78, 5) is 13.7. The van der Waals surface area contributed by atoms with Crippen molar-refractivity contribution in [2.45, 2.75) is 58.2 Å². The largest absolute Gasteiger partial charge is 0.444 e. The van der Waals surface area contributed by atoms with Gasteiger partial charge in [0.25, 0.3) is 0 Å². The Morgan fingerprint density at radius 3 is 2.25 bits per heavy atom. The molecule has 0 aromatic heterocycles. The molecule has 0 radical (unpaired) electrons. The molecule has 0 bridgehead atoms. The first-order valence-corrected chi connectivity index (χ1v) is 8.13. The van der Waals surface area contributed by atoms with Gasteiger partial charge in [0.05, 0.1) is 5.56 Å². The zero-order valence-electron chi connectivity index (χ0n) is 14.5. The fourth-order valence-corrected chi connectivity index (χ4v) is 3.10. The lowest BCUT2D eigenvalue weighted by Gasteiger charge is -2.34. The second-order valence-corrected chi connectivity index (χ2v) is 7.26. The molecule has 134 valence electrons. The summed E-state index contributed by atoms with van der Waals surface area (Å²) in [5.41, 5.74) is -0.102. The van der Waals surface area contributed by atoms with Gasteiger partial charge in [0.15, 0.2) is 0 Å². The lowest BCUT2D eigenvalue weighted by Crippen LogP contribution is -2.41. The van der Waals surface area contributed by atoms with Gasteiger partial charge in [0.2, 0.25) is 0 Å². The average molecular weight is 343 g/mol. The molecular weight excluding hydrogens is 319 g/mol. The molecule has 0 N–H and O–H groups in total. The molecule has 0 spiro atoms. The summed E-state index contributed by atoms with van der Waals surface area (Å²) in [6.45, 7) is 7.94. The minimum atomic E-state index is -4.34. The van der Waals surface area contributed by atoms with Crippen LogP contribution in [0.1, 0.15) is 56.2 Å². The van der Waals surface area contributed by atoms with Crippen LogP contribution in [0.3, 0.4) is 0 Å². The first-order chi connectivity index (χ1) is 11.0. The maximum Gasteiger partial charge on any atom is 0.416 e. The highest BCUT2D eigenvalue weighted by Crippen LogP contribution is 2.37. The van der Waals surface area contributed by atoms with Crippen molar-refractivity contribution < 1.29 is 22.7 Å². The van der Waals surface area contributed by atoms with Crippen molar-refractivity contribution in [2.24, 2.45) is 0 Å². The summed E-state index contributed by atoms with van der Waals surface area (Å²) in [5.74, 6) is 0.0333. The number of benzene rings is 1. The molecule has 1 aromatic rings. The number of ether oxygens (including phenoxy) is 1. The predicted molar refractivity (Wildman–Crippen MR) is 86.0 cm³/mol. The number of carbonyl (C=O) groups is 1. The number of alkyl halides is 3. The molecule has 2 rings (SSSR count). The van der Waals surface area contributed by atoms with Crippen LogP contribution in [0.4, 0.5) is 18.0 Å². The number of nitrogens with zero attached hydrogens (tertiary/aromatic N) is 1. The molecule has 1 fully saturated rings. The highest BCUT2D eigenvalue weighted by atomic mass is 19.4. The third-order valence-electron chi connectivity index (χ3n) is 4.27. The zero-order chi connectivity index (χ0) is 18.1. The van der Waals surface area contributed by atoms with Gasteiger partial charge in [-0.05, 0) is 63.6 Å². The van der Waals surface area contributed by atoms with E-state index in [2.05, 4.69) is 0 Å². The number of hydrogen-bond donors (Lipinski definition) is 0. The number of likely N-dealkylation sites (tertiary alicyclic amines) is 1. The van der Waals surface area contributed by atoms with E-state index in [0.29, 0.717) is 31.5 Å². The van der Waals surface area contributed by atoms with Crippen LogP contribution in [0.15, 0.2) is 18.2 Å². The molecule has 24 heavy (non-hydrogen) atoms. The van der Waals surface area contributed by atoms with Crippen molar-refractivity contribution in [3.8, 4) is 0 Å². The van der Waals surface area contributed by atoms with Gasteiger partial charge in [-0.25, -0.2) is 4.79 Å². The van der Waals surface area contributed by atoms with E-state index in [1.807, 2.05) is 20.8 Å². The summed E-state index contributed by atoms with van der Waals surface area (Å²) in [6.07, 6.45) is -3.41. The number of rotatable bonds is 1. The summed E-state index contributed by atoms with van der Waals surface area (Å²) in [5, 5.41) is 0. The average Bonchev–Trinajstić information content (AvgIpc) is 2.44. The molecule has 0 saturated carbocycles. The van der Waals surface area contributed by atoms with Gasteiger partial charge in [-0.1, -0.05) is 12.1 Å². The van der Waals surface area contributed by atoms with Crippen LogP contribution in [0.5, 0.6) is 0 Å². The highest BCUT2D eigenvalue weighted by Gasteiger charge is 2.34. The summed E-state index contributed by atoms with van der Waals surface area (Å²) < 4.78 is 44.5. The van der Waals surface area contributed by atoms with E-state index in [4.69, 9.17) is 4.74 Å². The third-order valence-corrected chi connectivity index (χ3v) is 4.27. The van der Waals surface area contributed by atoms with Crippen molar-refractivity contribution in [2.75, 3.05) is 13.1 Å². The van der Waals surface area contributed by atoms with E-state index < -0.39 is 17.3 Å². The number of carbonyl (C=O) groups excluding carboxylic acids is 1. The normalized spacial score (nSPS) is 17.0. The van der Waals surface area contributed by atoms with Gasteiger partial charge in [-0.2, -0.15) is 13.2 Å². The number of amides is 1. The SMILES string of the molecule is Cc1c(C2CCN(C(=O)OC(C)(C)C)CC2)cccc1C(F)(F)F. The van der Waals surface area contributed by atoms with Crippen LogP contribution in [-0.4, -0.2) is 29.7 Å². The fourth-order valence-electron chi connectivity index (χ4n) is 3.10. The van der Waals surface area contributed by atoms with E-state index in [1.165, 1.54) is 13.0 Å². The topological polar surface area (TPSA) is 29.5 Å². The molecule has 1 aliphatic heterocycles. The molecule has 6 heteroatoms. The van der Waals surface area contributed by atoms with Crippen LogP contribution < -0.4 is 0 Å². The first-order valence-electron chi connectivity index (χ1n) is 8.13. The number of halogens is 3. The molecule has 1 aromatic carbocycles. The maximum absolute atomic E-state index is 13.1. The highest BCUT2D eigenvalue weighted by molar-refractivity contribution is 5.68. The molecule has 1 saturated heterocycles. The van der Waals surface area contributed by atoms with Crippen LogP contribution in [0.2, 0.25) is 0 Å². The molecular formula is C18H24F3NO2. The Morgan fingerprint density at radius 2 is 1.75 bits per heavy atom. The van der Waals surface area contributed by atoms with E-state index in [-0.39, 0.29) is 12.0 Å². The van der Waals surface area contributed by atoms with Crippen molar-refractivity contribution in [3.63, 3.8) is 0 Å². The standard InChI is InChI=1S/C18H24F3NO2/c1-12-14(6-5-7-15(12)18(19,20)21)13-8-10-22(11-9-13)16(23)24-17(2,3)4/h5-7,13H,8-11H2,1-4H3. The smallest absolute Gasteiger partial charge is 0.416 e. The monoisotopic (exact) mass is 343 g/mol. The summed E-state index contributed by atoms with van der Waals surface area (Å²) in [6, 6.07) is 4.35. The zero-order valence-corrected chi connectivity index (χ0v) is 14.5. The second kappa shape index (κ2) is 6.65. The second-order valence-electron chi connectivity index (χ2n) is 7.26. The lowest BCUT2D eigenvalue weighted by molar-refractivity contribution is -0.138. The minimum Gasteiger partial charge on any atom is -0.444 e. The van der Waals surface area contributed by atoms with Crippen molar-refractivity contribution >= 4 is 6.09 Å². The lowest BCUT2D eigenvalue weighted by atomic mass is 9.85. The van der Waals surface area contributed by atoms with Gasteiger partial charge >= 0.3 is 12.3 Å². The Bertz CT molecular complexity index is 597. The van der Waals surface area contributed by atoms with Crippen molar-refractivity contribution in [1.82, 2.24) is 4.90 Å². The van der Waals surface area contributed by atoms with E-state index in [1.54, 1.807) is 11.0 Å². The Morgan fingerprint density at radius 1 is 1.17 bits per heavy atom. The Balaban J connectivity index is 2.07. The summed E-state index contributed by atoms with van der Waals surface area (Å²) in [7, 11) is 0. The van der Waals surface area contributed by atoms with Crippen molar-refractivity contribution in [1.29, 1.82) is 0 Å². The van der Waals surface area contributed by atoms with E-state index in [9.17, 15) is 18.0 Å². The predicted octanol–water partition coefficient (Wildman–Crippen LogP) is 5.13. The Hall–Kier alpha value is -1.72. The quantitative estimate of drug-likeness (QED) is 0.707. The Labute approximate surface area is 140 Å². The van der Waals surface area contributed by atoms with Gasteiger partial charge in [0, 0.05) is 13.1 Å². The molecule has 0 aliphatic carbocycles. The van der Waals surface area contributed by atoms with Gasteiger partial charge < -0.3 is 9.64 Å². The van der Waals surface area contributed by atoms with Gasteiger partial charge in [-0.15, -0.1) is 0 Å². The molecule has 0 unspecified atom stereocenters. The van der Waals surface area contributed by atoms with Crippen LogP contribution in [0.25, 0.3) is 0 Å². The third kappa shape index (κ3) is 4.42. The summed E-state index contributed by atoms with van der Waals surface area (Å²) >= 11 is 0. The minimum absolute atomic E-state index is 0.0333. The van der Waals surface area contributed by atoms with E-state index >= 15 is 0 Å². The molecule has 1 heterocycles. The van der Waals surface area contributed by atoms with Crippen LogP contribution in [0, 0.1) is 6.92 Å². The first kappa shape index (κ1) is 18.6. The van der Waals surface area contributed by atoms with E-state index in [0.717, 1.165) is 11.6 Å². The van der Waals surface area contributed by atoms with Crippen molar-refractivity contribution in [3.05, 3.63) is 34.9 Å². The van der Waals surface area contributed by atoms with Crippen LogP contribution in [-0.2, 0) is 10.9 Å². The molecule has 3 nitrogen and oxygen atoms in total. The molecule has 0 atom stereocenters. The number of hydrogen-bond acceptors (Lipinski definition) is 2. The van der Waals surface area contributed by atoms with Gasteiger partial charge in [-0.3, -0.25) is 0 Å². The number of piperidine rings is 1. The molecule has 1 amide bonds. The Kier molecular flexibility index (Phi) is 5.16. The fraction of sp³-hybridized carbons (Fsp3) is 0.611. The van der Waals surface area contributed by atoms with Crippen LogP contribution >= 0.6 is 0 Å². The molecule has 1 aliphatic rings. The van der Waals surface area contributed by atoms with Gasteiger partial charge in [0.1, 0.15) is 5.60 Å². The maximum atomic E-state index is 13.1.